The lowest BCUT2D eigenvalue weighted by Gasteiger charge is -2.43. The molecule has 2 fully saturated rings. The first-order valence-electron chi connectivity index (χ1n) is 10.9. The minimum atomic E-state index is -0.534. The lowest BCUT2D eigenvalue weighted by atomic mass is 9.95. The first-order valence-corrected chi connectivity index (χ1v) is 12.0. The van der Waals surface area contributed by atoms with Crippen LogP contribution in [0.15, 0.2) is 48.5 Å². The van der Waals surface area contributed by atoms with Gasteiger partial charge in [0, 0.05) is 36.5 Å². The molecule has 3 N–H and O–H groups in total. The molecule has 0 bridgehead atoms. The molecule has 0 aliphatic carbocycles. The molecule has 2 saturated heterocycles. The van der Waals surface area contributed by atoms with E-state index in [1.807, 2.05) is 30.0 Å². The highest BCUT2D eigenvalue weighted by Gasteiger charge is 2.40. The number of amides is 2. The molecule has 4 rings (SSSR count). The van der Waals surface area contributed by atoms with Crippen LogP contribution in [0, 0.1) is 0 Å². The van der Waals surface area contributed by atoms with Crippen molar-refractivity contribution in [2.24, 2.45) is 5.73 Å². The lowest BCUT2D eigenvalue weighted by Crippen LogP contribution is -2.59. The molecule has 2 aliphatic rings. The van der Waals surface area contributed by atoms with Gasteiger partial charge in [0.1, 0.15) is 12.4 Å². The van der Waals surface area contributed by atoms with Gasteiger partial charge in [-0.1, -0.05) is 24.3 Å². The first-order chi connectivity index (χ1) is 15.6. The van der Waals surface area contributed by atoms with Crippen molar-refractivity contribution < 1.29 is 19.1 Å². The average Bonchev–Trinajstić information content (AvgIpc) is 3.32. The van der Waals surface area contributed by atoms with Crippen LogP contribution in [0.25, 0.3) is 0 Å². The molecule has 0 radical (unpaired) electrons. The van der Waals surface area contributed by atoms with E-state index < -0.39 is 5.91 Å². The van der Waals surface area contributed by atoms with Crippen LogP contribution in [0.2, 0.25) is 0 Å². The Morgan fingerprint density at radius 2 is 1.97 bits per heavy atom. The van der Waals surface area contributed by atoms with Gasteiger partial charge >= 0.3 is 0 Å². The van der Waals surface area contributed by atoms with Crippen molar-refractivity contribution in [2.75, 3.05) is 44.4 Å². The molecule has 0 spiro atoms. The van der Waals surface area contributed by atoms with E-state index in [9.17, 15) is 9.59 Å². The molecule has 8 heteroatoms. The number of carbonyl (C=O) groups excluding carboxylic acids is 2. The molecule has 1 atom stereocenters. The van der Waals surface area contributed by atoms with Crippen molar-refractivity contribution in [3.05, 3.63) is 65.2 Å². The van der Waals surface area contributed by atoms with Gasteiger partial charge in [0.2, 0.25) is 0 Å². The maximum absolute atomic E-state index is 12.9. The standard InChI is InChI=1S/C24H29N3O4S/c25-22(28)20-6-1-2-7-21(20)31-15-18-4-3-5-19(14-18)23(29)26-16-24(8-13-32-17-24)27-9-11-30-12-10-27/h1-7,14H,8-13,15-17H2,(H2,25,28)(H,26,29). The maximum atomic E-state index is 12.9. The molecule has 2 aromatic rings. The smallest absolute Gasteiger partial charge is 0.252 e. The van der Waals surface area contributed by atoms with Gasteiger partial charge in [-0.25, -0.2) is 0 Å². The number of rotatable bonds is 8. The highest BCUT2D eigenvalue weighted by atomic mass is 32.2. The molecule has 2 aliphatic heterocycles. The molecule has 0 saturated carbocycles. The van der Waals surface area contributed by atoms with E-state index in [0.29, 0.717) is 23.4 Å². The van der Waals surface area contributed by atoms with Crippen LogP contribution in [-0.2, 0) is 11.3 Å². The van der Waals surface area contributed by atoms with E-state index >= 15 is 0 Å². The second kappa shape index (κ2) is 10.4. The van der Waals surface area contributed by atoms with Gasteiger partial charge in [-0.05, 0) is 42.0 Å². The minimum Gasteiger partial charge on any atom is -0.488 e. The van der Waals surface area contributed by atoms with Crippen molar-refractivity contribution in [1.82, 2.24) is 10.2 Å². The molecule has 7 nitrogen and oxygen atoms in total. The van der Waals surface area contributed by atoms with Gasteiger partial charge in [0.05, 0.1) is 18.8 Å². The second-order valence-corrected chi connectivity index (χ2v) is 9.26. The summed E-state index contributed by atoms with van der Waals surface area (Å²) in [6.07, 6.45) is 1.07. The van der Waals surface area contributed by atoms with E-state index in [1.54, 1.807) is 30.3 Å². The number of nitrogens with zero attached hydrogens (tertiary/aromatic N) is 1. The predicted molar refractivity (Wildman–Crippen MR) is 125 cm³/mol. The van der Waals surface area contributed by atoms with Crippen LogP contribution < -0.4 is 15.8 Å². The SMILES string of the molecule is NC(=O)c1ccccc1OCc1cccc(C(=O)NCC2(N3CCOCC3)CCSC2)c1. The number of ether oxygens (including phenoxy) is 2. The third-order valence-electron chi connectivity index (χ3n) is 6.08. The number of nitrogens with one attached hydrogen (secondary N) is 1. The monoisotopic (exact) mass is 455 g/mol. The fourth-order valence-electron chi connectivity index (χ4n) is 4.24. The molecule has 2 aromatic carbocycles. The summed E-state index contributed by atoms with van der Waals surface area (Å²) in [7, 11) is 0. The largest absolute Gasteiger partial charge is 0.488 e. The summed E-state index contributed by atoms with van der Waals surface area (Å²) in [5.41, 5.74) is 7.19. The number of hydrogen-bond acceptors (Lipinski definition) is 6. The van der Waals surface area contributed by atoms with Gasteiger partial charge in [0.15, 0.2) is 0 Å². The highest BCUT2D eigenvalue weighted by Crippen LogP contribution is 2.33. The lowest BCUT2D eigenvalue weighted by molar-refractivity contribution is -0.0129. The Labute approximate surface area is 192 Å². The first kappa shape index (κ1) is 22.6. The van der Waals surface area contributed by atoms with Gasteiger partial charge < -0.3 is 20.5 Å². The van der Waals surface area contributed by atoms with Crippen molar-refractivity contribution in [3.63, 3.8) is 0 Å². The summed E-state index contributed by atoms with van der Waals surface area (Å²) in [5.74, 6) is 1.95. The Hall–Kier alpha value is -2.55. The van der Waals surface area contributed by atoms with Gasteiger partial charge in [-0.15, -0.1) is 0 Å². The average molecular weight is 456 g/mol. The van der Waals surface area contributed by atoms with Crippen LogP contribution in [-0.4, -0.2) is 66.6 Å². The zero-order valence-electron chi connectivity index (χ0n) is 18.0. The van der Waals surface area contributed by atoms with Crippen LogP contribution in [0.4, 0.5) is 0 Å². The number of hydrogen-bond donors (Lipinski definition) is 2. The summed E-state index contributed by atoms with van der Waals surface area (Å²) in [5, 5.41) is 3.17. The second-order valence-electron chi connectivity index (χ2n) is 8.16. The Balaban J connectivity index is 1.38. The normalized spacial score (nSPS) is 21.2. The highest BCUT2D eigenvalue weighted by molar-refractivity contribution is 7.99. The van der Waals surface area contributed by atoms with Crippen molar-refractivity contribution in [2.45, 2.75) is 18.6 Å². The molecule has 32 heavy (non-hydrogen) atoms. The van der Waals surface area contributed by atoms with E-state index in [2.05, 4.69) is 10.2 Å². The quantitative estimate of drug-likeness (QED) is 0.635. The molecule has 1 unspecified atom stereocenters. The number of morpholine rings is 1. The molecule has 2 heterocycles. The van der Waals surface area contributed by atoms with E-state index in [-0.39, 0.29) is 18.1 Å². The van der Waals surface area contributed by atoms with Gasteiger partial charge in [-0.2, -0.15) is 11.8 Å². The van der Waals surface area contributed by atoms with Crippen LogP contribution in [0.1, 0.15) is 32.7 Å². The van der Waals surface area contributed by atoms with Crippen LogP contribution >= 0.6 is 11.8 Å². The maximum Gasteiger partial charge on any atom is 0.252 e. The predicted octanol–water partition coefficient (Wildman–Crippen LogP) is 2.30. The zero-order valence-corrected chi connectivity index (χ0v) is 18.9. The Bertz CT molecular complexity index is 956. The summed E-state index contributed by atoms with van der Waals surface area (Å²) in [6.45, 7) is 4.19. The van der Waals surface area contributed by atoms with Crippen LogP contribution in [0.5, 0.6) is 5.75 Å². The number of nitrogens with two attached hydrogens (primary N) is 1. The fourth-order valence-corrected chi connectivity index (χ4v) is 5.72. The molecule has 0 aromatic heterocycles. The van der Waals surface area contributed by atoms with Crippen molar-refractivity contribution >= 4 is 23.6 Å². The van der Waals surface area contributed by atoms with E-state index in [4.69, 9.17) is 15.2 Å². The third kappa shape index (κ3) is 5.26. The number of thioether (sulfide) groups is 1. The van der Waals surface area contributed by atoms with Gasteiger partial charge in [0.25, 0.3) is 11.8 Å². The number of primary amides is 1. The van der Waals surface area contributed by atoms with Crippen LogP contribution in [0.3, 0.4) is 0 Å². The summed E-state index contributed by atoms with van der Waals surface area (Å²) < 4.78 is 11.3. The molecule has 170 valence electrons. The van der Waals surface area contributed by atoms with Crippen molar-refractivity contribution in [1.29, 1.82) is 0 Å². The molecular weight excluding hydrogens is 426 g/mol. The number of benzene rings is 2. The summed E-state index contributed by atoms with van der Waals surface area (Å²) in [4.78, 5) is 27.0. The topological polar surface area (TPSA) is 93.9 Å². The summed E-state index contributed by atoms with van der Waals surface area (Å²) in [6, 6.07) is 14.2. The Morgan fingerprint density at radius 3 is 2.72 bits per heavy atom. The third-order valence-corrected chi connectivity index (χ3v) is 7.31. The molecular formula is C24H29N3O4S. The summed E-state index contributed by atoms with van der Waals surface area (Å²) >= 11 is 1.95. The Morgan fingerprint density at radius 1 is 1.16 bits per heavy atom. The fraction of sp³-hybridized carbons (Fsp3) is 0.417. The minimum absolute atomic E-state index is 0.00327. The van der Waals surface area contributed by atoms with Crippen molar-refractivity contribution in [3.8, 4) is 5.75 Å². The molecule has 2 amide bonds. The number of para-hydroxylation sites is 1. The zero-order chi connectivity index (χ0) is 22.4. The van der Waals surface area contributed by atoms with E-state index in [0.717, 1.165) is 49.8 Å². The van der Waals surface area contributed by atoms with E-state index in [1.165, 1.54) is 0 Å². The van der Waals surface area contributed by atoms with Gasteiger partial charge in [-0.3, -0.25) is 14.5 Å². The number of carbonyl (C=O) groups is 2. The Kier molecular flexibility index (Phi) is 7.34.